The smallest absolute Gasteiger partial charge is 0.167 e. The van der Waals surface area contributed by atoms with Crippen molar-refractivity contribution in [2.75, 3.05) is 6.54 Å². The van der Waals surface area contributed by atoms with Crippen molar-refractivity contribution in [2.45, 2.75) is 61.9 Å². The van der Waals surface area contributed by atoms with Crippen LogP contribution in [0.2, 0.25) is 0 Å². The molecule has 1 fully saturated rings. The van der Waals surface area contributed by atoms with E-state index in [0.29, 0.717) is 11.3 Å². The van der Waals surface area contributed by atoms with E-state index >= 15 is 0 Å². The highest BCUT2D eigenvalue weighted by atomic mass is 32.2. The van der Waals surface area contributed by atoms with Gasteiger partial charge < -0.3 is 9.88 Å². The van der Waals surface area contributed by atoms with Crippen molar-refractivity contribution < 1.29 is 0 Å². The summed E-state index contributed by atoms with van der Waals surface area (Å²) >= 11 is 1.96. The van der Waals surface area contributed by atoms with E-state index in [-0.39, 0.29) is 0 Å². The van der Waals surface area contributed by atoms with Crippen LogP contribution >= 0.6 is 11.8 Å². The van der Waals surface area contributed by atoms with Crippen LogP contribution in [0.15, 0.2) is 17.6 Å². The van der Waals surface area contributed by atoms with Crippen molar-refractivity contribution in [1.82, 2.24) is 14.9 Å². The second-order valence-corrected chi connectivity index (χ2v) is 6.38. The molecule has 2 rings (SSSR count). The van der Waals surface area contributed by atoms with E-state index in [2.05, 4.69) is 28.8 Å². The number of nitrogens with zero attached hydrogens (tertiary/aromatic N) is 2. The predicted octanol–water partition coefficient (Wildman–Crippen LogP) is 3.21. The molecule has 1 heterocycles. The van der Waals surface area contributed by atoms with Gasteiger partial charge in [-0.2, -0.15) is 0 Å². The molecule has 0 saturated heterocycles. The van der Waals surface area contributed by atoms with E-state index in [0.717, 1.165) is 11.7 Å². The molecule has 3 nitrogen and oxygen atoms in total. The van der Waals surface area contributed by atoms with Crippen LogP contribution in [0.3, 0.4) is 0 Å². The number of aryl methyl sites for hydroxylation is 1. The monoisotopic (exact) mass is 267 g/mol. The van der Waals surface area contributed by atoms with Gasteiger partial charge in [-0.15, -0.1) is 0 Å². The highest BCUT2D eigenvalue weighted by molar-refractivity contribution is 7.99. The third-order valence-electron chi connectivity index (χ3n) is 3.64. The first kappa shape index (κ1) is 13.9. The van der Waals surface area contributed by atoms with E-state index < -0.39 is 0 Å². The van der Waals surface area contributed by atoms with E-state index in [1.54, 1.807) is 0 Å². The molecular weight excluding hydrogens is 242 g/mol. The molecule has 1 aliphatic rings. The Labute approximate surface area is 115 Å². The summed E-state index contributed by atoms with van der Waals surface area (Å²) in [6, 6.07) is 0.661. The van der Waals surface area contributed by atoms with Crippen LogP contribution in [0.1, 0.15) is 45.4 Å². The molecule has 1 saturated carbocycles. The molecule has 1 aromatic rings. The van der Waals surface area contributed by atoms with Crippen LogP contribution in [-0.2, 0) is 7.05 Å². The lowest BCUT2D eigenvalue weighted by atomic mass is 10.1. The van der Waals surface area contributed by atoms with Crippen molar-refractivity contribution in [3.8, 4) is 0 Å². The van der Waals surface area contributed by atoms with Crippen LogP contribution in [0.4, 0.5) is 0 Å². The minimum Gasteiger partial charge on any atom is -0.329 e. The third-order valence-corrected chi connectivity index (χ3v) is 5.11. The van der Waals surface area contributed by atoms with Crippen LogP contribution in [0.25, 0.3) is 0 Å². The van der Waals surface area contributed by atoms with Gasteiger partial charge in [-0.05, 0) is 25.8 Å². The summed E-state index contributed by atoms with van der Waals surface area (Å²) in [7, 11) is 2.08. The zero-order chi connectivity index (χ0) is 12.8. The number of thioether (sulfide) groups is 1. The fourth-order valence-corrected chi connectivity index (χ4v) is 3.88. The molecule has 0 radical (unpaired) electrons. The first-order valence-electron chi connectivity index (χ1n) is 7.18. The van der Waals surface area contributed by atoms with Crippen molar-refractivity contribution >= 4 is 11.8 Å². The fourth-order valence-electron chi connectivity index (χ4n) is 2.58. The Morgan fingerprint density at radius 1 is 1.39 bits per heavy atom. The maximum absolute atomic E-state index is 4.45. The molecule has 0 spiro atoms. The minimum atomic E-state index is 0.661. The van der Waals surface area contributed by atoms with Crippen molar-refractivity contribution in [1.29, 1.82) is 0 Å². The van der Waals surface area contributed by atoms with E-state index in [1.807, 2.05) is 24.2 Å². The topological polar surface area (TPSA) is 29.9 Å². The average Bonchev–Trinajstić information content (AvgIpc) is 2.64. The van der Waals surface area contributed by atoms with Gasteiger partial charge in [0.1, 0.15) is 0 Å². The molecule has 1 aliphatic carbocycles. The van der Waals surface area contributed by atoms with Crippen molar-refractivity contribution in [3.05, 3.63) is 12.4 Å². The van der Waals surface area contributed by atoms with Gasteiger partial charge in [-0.3, -0.25) is 0 Å². The molecule has 0 amide bonds. The first-order chi connectivity index (χ1) is 8.81. The van der Waals surface area contributed by atoms with E-state index in [4.69, 9.17) is 0 Å². The van der Waals surface area contributed by atoms with E-state index in [9.17, 15) is 0 Å². The van der Waals surface area contributed by atoms with Gasteiger partial charge in [0.15, 0.2) is 5.16 Å². The second kappa shape index (κ2) is 7.19. The molecule has 2 unspecified atom stereocenters. The van der Waals surface area contributed by atoms with Crippen LogP contribution in [-0.4, -0.2) is 27.4 Å². The lowest BCUT2D eigenvalue weighted by Gasteiger charge is -2.25. The minimum absolute atomic E-state index is 0.661. The summed E-state index contributed by atoms with van der Waals surface area (Å²) in [6.45, 7) is 3.38. The number of aromatic nitrogens is 2. The predicted molar refractivity (Wildman–Crippen MR) is 78.0 cm³/mol. The number of hydrogen-bond donors (Lipinski definition) is 1. The standard InChI is InChI=1S/C14H25N3S/c1-3-9-15-12-7-5-4-6-8-13(12)18-14-16-10-11-17(14)2/h10-13,15H,3-9H2,1-2H3. The zero-order valence-corrected chi connectivity index (χ0v) is 12.4. The van der Waals surface area contributed by atoms with E-state index in [1.165, 1.54) is 38.5 Å². The Morgan fingerprint density at radius 2 is 2.22 bits per heavy atom. The quantitative estimate of drug-likeness (QED) is 0.831. The third kappa shape index (κ3) is 3.75. The maximum Gasteiger partial charge on any atom is 0.167 e. The van der Waals surface area contributed by atoms with Crippen LogP contribution in [0.5, 0.6) is 0 Å². The van der Waals surface area contributed by atoms with Crippen molar-refractivity contribution in [3.63, 3.8) is 0 Å². The summed E-state index contributed by atoms with van der Waals surface area (Å²) < 4.78 is 2.13. The Kier molecular flexibility index (Phi) is 5.57. The highest BCUT2D eigenvalue weighted by Gasteiger charge is 2.25. The van der Waals surface area contributed by atoms with Crippen LogP contribution < -0.4 is 5.32 Å². The van der Waals surface area contributed by atoms with Gasteiger partial charge in [0.05, 0.1) is 0 Å². The lowest BCUT2D eigenvalue weighted by molar-refractivity contribution is 0.469. The average molecular weight is 267 g/mol. The van der Waals surface area contributed by atoms with Crippen molar-refractivity contribution in [2.24, 2.45) is 7.05 Å². The highest BCUT2D eigenvalue weighted by Crippen LogP contribution is 2.32. The number of imidazole rings is 1. The number of nitrogens with one attached hydrogen (secondary N) is 1. The SMILES string of the molecule is CCCNC1CCCCCC1Sc1nccn1C. The summed E-state index contributed by atoms with van der Waals surface area (Å²) in [4.78, 5) is 4.45. The molecule has 102 valence electrons. The first-order valence-corrected chi connectivity index (χ1v) is 8.06. The molecular formula is C14H25N3S. The van der Waals surface area contributed by atoms with Gasteiger partial charge >= 0.3 is 0 Å². The molecule has 0 aromatic carbocycles. The van der Waals surface area contributed by atoms with Gasteiger partial charge in [0.2, 0.25) is 0 Å². The fraction of sp³-hybridized carbons (Fsp3) is 0.786. The van der Waals surface area contributed by atoms with Gasteiger partial charge in [0.25, 0.3) is 0 Å². The summed E-state index contributed by atoms with van der Waals surface area (Å²) in [5.41, 5.74) is 0. The Balaban J connectivity index is 1.98. The molecule has 1 N–H and O–H groups in total. The Hall–Kier alpha value is -0.480. The molecule has 4 heteroatoms. The Morgan fingerprint density at radius 3 is 2.94 bits per heavy atom. The molecule has 0 aliphatic heterocycles. The number of rotatable bonds is 5. The van der Waals surface area contributed by atoms with Crippen LogP contribution in [0, 0.1) is 0 Å². The molecule has 1 aromatic heterocycles. The second-order valence-electron chi connectivity index (χ2n) is 5.18. The number of hydrogen-bond acceptors (Lipinski definition) is 3. The normalized spacial score (nSPS) is 25.0. The van der Waals surface area contributed by atoms with Gasteiger partial charge in [-0.25, -0.2) is 4.98 Å². The lowest BCUT2D eigenvalue weighted by Crippen LogP contribution is -2.38. The maximum atomic E-state index is 4.45. The largest absolute Gasteiger partial charge is 0.329 e. The summed E-state index contributed by atoms with van der Waals surface area (Å²) in [5, 5.41) is 5.57. The molecule has 2 atom stereocenters. The Bertz CT molecular complexity index is 351. The molecule has 0 bridgehead atoms. The summed E-state index contributed by atoms with van der Waals surface area (Å²) in [5.74, 6) is 0. The van der Waals surface area contributed by atoms with Gasteiger partial charge in [0, 0.05) is 30.7 Å². The van der Waals surface area contributed by atoms with Gasteiger partial charge in [-0.1, -0.05) is 37.9 Å². The summed E-state index contributed by atoms with van der Waals surface area (Å²) in [6.07, 6.45) is 11.9. The zero-order valence-electron chi connectivity index (χ0n) is 11.6. The molecule has 18 heavy (non-hydrogen) atoms.